The molecule has 1 aliphatic heterocycles. The van der Waals surface area contributed by atoms with Crippen LogP contribution in [0.25, 0.3) is 11.4 Å². The SMILES string of the molecule is N#Cc1ccc(NC(=O)CN2CCC(c3nc(-c4cccc(F)c4)no3)CC2)cc1. The highest BCUT2D eigenvalue weighted by atomic mass is 19.1. The number of piperidine rings is 1. The minimum Gasteiger partial charge on any atom is -0.339 e. The largest absolute Gasteiger partial charge is 0.339 e. The van der Waals surface area contributed by atoms with E-state index in [9.17, 15) is 9.18 Å². The summed E-state index contributed by atoms with van der Waals surface area (Å²) in [4.78, 5) is 18.8. The topological polar surface area (TPSA) is 95.1 Å². The van der Waals surface area contributed by atoms with Crippen molar-refractivity contribution >= 4 is 11.6 Å². The summed E-state index contributed by atoms with van der Waals surface area (Å²) in [6.45, 7) is 1.78. The summed E-state index contributed by atoms with van der Waals surface area (Å²) >= 11 is 0. The fourth-order valence-electron chi connectivity index (χ4n) is 3.52. The van der Waals surface area contributed by atoms with Crippen molar-refractivity contribution in [3.05, 3.63) is 65.8 Å². The van der Waals surface area contributed by atoms with E-state index in [2.05, 4.69) is 20.4 Å². The molecule has 0 saturated carbocycles. The number of nitrogens with one attached hydrogen (secondary N) is 1. The number of carbonyl (C=O) groups excluding carboxylic acids is 1. The molecule has 1 aliphatic rings. The first kappa shape index (κ1) is 19.7. The molecule has 30 heavy (non-hydrogen) atoms. The van der Waals surface area contributed by atoms with E-state index in [0.717, 1.165) is 25.9 Å². The Hall–Kier alpha value is -3.57. The molecule has 1 fully saturated rings. The normalized spacial score (nSPS) is 14.9. The molecule has 0 unspecified atom stereocenters. The molecule has 1 saturated heterocycles. The number of nitrogens with zero attached hydrogens (tertiary/aromatic N) is 4. The average Bonchev–Trinajstić information content (AvgIpc) is 3.25. The molecule has 8 heteroatoms. The number of amides is 1. The molecular formula is C22H20FN5O2. The molecule has 4 rings (SSSR count). The van der Waals surface area contributed by atoms with E-state index in [4.69, 9.17) is 9.78 Å². The van der Waals surface area contributed by atoms with Gasteiger partial charge in [0.15, 0.2) is 0 Å². The smallest absolute Gasteiger partial charge is 0.238 e. The van der Waals surface area contributed by atoms with E-state index < -0.39 is 0 Å². The highest BCUT2D eigenvalue weighted by Gasteiger charge is 2.26. The predicted octanol–water partition coefficient (Wildman–Crippen LogP) is 3.57. The lowest BCUT2D eigenvalue weighted by molar-refractivity contribution is -0.117. The van der Waals surface area contributed by atoms with Gasteiger partial charge in [-0.15, -0.1) is 0 Å². The minimum atomic E-state index is -0.341. The van der Waals surface area contributed by atoms with E-state index in [1.54, 1.807) is 36.4 Å². The summed E-state index contributed by atoms with van der Waals surface area (Å²) in [5.41, 5.74) is 1.81. The highest BCUT2D eigenvalue weighted by molar-refractivity contribution is 5.92. The van der Waals surface area contributed by atoms with Crippen LogP contribution in [0.5, 0.6) is 0 Å². The van der Waals surface area contributed by atoms with Crippen molar-refractivity contribution in [2.45, 2.75) is 18.8 Å². The first-order valence-corrected chi connectivity index (χ1v) is 9.72. The maximum atomic E-state index is 13.4. The third-order valence-corrected chi connectivity index (χ3v) is 5.13. The molecule has 152 valence electrons. The summed E-state index contributed by atoms with van der Waals surface area (Å²) in [6, 6.07) is 14.9. The second kappa shape index (κ2) is 8.84. The van der Waals surface area contributed by atoms with Crippen LogP contribution in [0.2, 0.25) is 0 Å². The maximum absolute atomic E-state index is 13.4. The van der Waals surface area contributed by atoms with Crippen molar-refractivity contribution in [3.63, 3.8) is 0 Å². The van der Waals surface area contributed by atoms with Gasteiger partial charge in [-0.25, -0.2) is 4.39 Å². The van der Waals surface area contributed by atoms with Crippen molar-refractivity contribution < 1.29 is 13.7 Å². The van der Waals surface area contributed by atoms with Gasteiger partial charge in [0.05, 0.1) is 18.2 Å². The second-order valence-electron chi connectivity index (χ2n) is 7.25. The third kappa shape index (κ3) is 4.70. The van der Waals surface area contributed by atoms with Gasteiger partial charge in [0, 0.05) is 17.2 Å². The summed E-state index contributed by atoms with van der Waals surface area (Å²) in [5.74, 6) is 0.623. The second-order valence-corrected chi connectivity index (χ2v) is 7.25. The van der Waals surface area contributed by atoms with E-state index in [0.29, 0.717) is 35.1 Å². The molecule has 0 radical (unpaired) electrons. The van der Waals surface area contributed by atoms with E-state index in [-0.39, 0.29) is 17.6 Å². The van der Waals surface area contributed by atoms with Crippen LogP contribution in [0.15, 0.2) is 53.1 Å². The molecule has 0 spiro atoms. The summed E-state index contributed by atoms with van der Waals surface area (Å²) < 4.78 is 18.8. The van der Waals surface area contributed by atoms with Gasteiger partial charge in [0.2, 0.25) is 17.6 Å². The number of halogens is 1. The van der Waals surface area contributed by atoms with E-state index in [1.807, 2.05) is 6.07 Å². The van der Waals surface area contributed by atoms with Crippen molar-refractivity contribution in [3.8, 4) is 17.5 Å². The Morgan fingerprint density at radius 3 is 2.70 bits per heavy atom. The van der Waals surface area contributed by atoms with Crippen molar-refractivity contribution in [2.75, 3.05) is 25.0 Å². The fraction of sp³-hybridized carbons (Fsp3) is 0.273. The first-order valence-electron chi connectivity index (χ1n) is 9.72. The van der Waals surface area contributed by atoms with Crippen LogP contribution in [0.4, 0.5) is 10.1 Å². The molecule has 2 heterocycles. The molecule has 1 amide bonds. The van der Waals surface area contributed by atoms with Gasteiger partial charge in [-0.1, -0.05) is 17.3 Å². The Morgan fingerprint density at radius 1 is 1.23 bits per heavy atom. The Labute approximate surface area is 173 Å². The molecule has 3 aromatic rings. The van der Waals surface area contributed by atoms with Crippen LogP contribution in [0, 0.1) is 17.1 Å². The van der Waals surface area contributed by atoms with Crippen LogP contribution in [0.3, 0.4) is 0 Å². The van der Waals surface area contributed by atoms with Gasteiger partial charge < -0.3 is 9.84 Å². The third-order valence-electron chi connectivity index (χ3n) is 5.13. The molecular weight excluding hydrogens is 385 g/mol. The molecule has 0 bridgehead atoms. The average molecular weight is 405 g/mol. The molecule has 0 aliphatic carbocycles. The van der Waals surface area contributed by atoms with Crippen LogP contribution in [0.1, 0.15) is 30.2 Å². The minimum absolute atomic E-state index is 0.0932. The van der Waals surface area contributed by atoms with E-state index in [1.165, 1.54) is 12.1 Å². The summed E-state index contributed by atoms with van der Waals surface area (Å²) in [5, 5.41) is 15.7. The molecule has 1 N–H and O–H groups in total. The van der Waals surface area contributed by atoms with Gasteiger partial charge in [-0.2, -0.15) is 10.2 Å². The van der Waals surface area contributed by atoms with Gasteiger partial charge in [-0.3, -0.25) is 9.69 Å². The molecule has 0 atom stereocenters. The Bertz CT molecular complexity index is 1070. The summed E-state index contributed by atoms with van der Waals surface area (Å²) in [6.07, 6.45) is 1.60. The zero-order valence-corrected chi connectivity index (χ0v) is 16.2. The van der Waals surface area contributed by atoms with Gasteiger partial charge in [0.1, 0.15) is 5.82 Å². The lowest BCUT2D eigenvalue weighted by Gasteiger charge is -2.29. The number of likely N-dealkylation sites (tertiary alicyclic amines) is 1. The first-order chi connectivity index (χ1) is 14.6. The van der Waals surface area contributed by atoms with Crippen molar-refractivity contribution in [1.82, 2.24) is 15.0 Å². The zero-order valence-electron chi connectivity index (χ0n) is 16.2. The number of aromatic nitrogens is 2. The number of carbonyl (C=O) groups is 1. The maximum Gasteiger partial charge on any atom is 0.238 e. The lowest BCUT2D eigenvalue weighted by atomic mass is 9.97. The van der Waals surface area contributed by atoms with Gasteiger partial charge >= 0.3 is 0 Å². The Kier molecular flexibility index (Phi) is 5.82. The number of rotatable bonds is 5. The number of hydrogen-bond donors (Lipinski definition) is 1. The predicted molar refractivity (Wildman–Crippen MR) is 108 cm³/mol. The van der Waals surface area contributed by atoms with Gasteiger partial charge in [-0.05, 0) is 62.3 Å². The standard InChI is InChI=1S/C22H20FN5O2/c23-18-3-1-2-17(12-18)21-26-22(30-27-21)16-8-10-28(11-9-16)14-20(29)25-19-6-4-15(13-24)5-7-19/h1-7,12,16H,8-11,14H2,(H,25,29). The van der Waals surface area contributed by atoms with Crippen LogP contribution < -0.4 is 5.32 Å². The number of anilines is 1. The molecule has 1 aromatic heterocycles. The van der Waals surface area contributed by atoms with Gasteiger partial charge in [0.25, 0.3) is 0 Å². The van der Waals surface area contributed by atoms with Crippen LogP contribution >= 0.6 is 0 Å². The number of nitriles is 1. The number of benzene rings is 2. The monoisotopic (exact) mass is 405 g/mol. The highest BCUT2D eigenvalue weighted by Crippen LogP contribution is 2.28. The zero-order chi connectivity index (χ0) is 20.9. The summed E-state index contributed by atoms with van der Waals surface area (Å²) in [7, 11) is 0. The van der Waals surface area contributed by atoms with Crippen molar-refractivity contribution in [1.29, 1.82) is 5.26 Å². The Balaban J connectivity index is 1.28. The fourth-order valence-corrected chi connectivity index (χ4v) is 3.52. The lowest BCUT2D eigenvalue weighted by Crippen LogP contribution is -2.38. The van der Waals surface area contributed by atoms with Crippen LogP contribution in [-0.4, -0.2) is 40.6 Å². The quantitative estimate of drug-likeness (QED) is 0.697. The number of hydrogen-bond acceptors (Lipinski definition) is 6. The van der Waals surface area contributed by atoms with E-state index >= 15 is 0 Å². The van der Waals surface area contributed by atoms with Crippen molar-refractivity contribution in [2.24, 2.45) is 0 Å². The molecule has 7 nitrogen and oxygen atoms in total. The molecule has 2 aromatic carbocycles. The Morgan fingerprint density at radius 2 is 2.00 bits per heavy atom. The van der Waals surface area contributed by atoms with Crippen LogP contribution in [-0.2, 0) is 4.79 Å².